The molecule has 2 heterocycles. The number of ether oxygens (including phenoxy) is 2. The molecule has 0 aliphatic carbocycles. The van der Waals surface area contributed by atoms with Gasteiger partial charge in [0.2, 0.25) is 5.78 Å². The SMILES string of the molecule is Cc1cc(C(=O)C(C)OC(=O)CCc2nc3ccccc3s2)c(C)n1-c1ccc(OC(F)F)cc1. The van der Waals surface area contributed by atoms with Gasteiger partial charge in [-0.2, -0.15) is 8.78 Å². The van der Waals surface area contributed by atoms with E-state index in [0.29, 0.717) is 23.4 Å². The molecule has 0 fully saturated rings. The Morgan fingerprint density at radius 1 is 1.09 bits per heavy atom. The predicted molar refractivity (Wildman–Crippen MR) is 130 cm³/mol. The van der Waals surface area contributed by atoms with Crippen molar-refractivity contribution in [1.82, 2.24) is 9.55 Å². The number of Topliss-reactive ketones (excluding diaryl/α,β-unsaturated/α-hetero) is 1. The average Bonchev–Trinajstić information content (AvgIpc) is 3.37. The molecule has 4 aromatic rings. The van der Waals surface area contributed by atoms with E-state index < -0.39 is 18.7 Å². The van der Waals surface area contributed by atoms with Crippen molar-refractivity contribution < 1.29 is 27.8 Å². The molecule has 0 N–H and O–H groups in total. The number of esters is 1. The van der Waals surface area contributed by atoms with Crippen molar-refractivity contribution in [1.29, 1.82) is 0 Å². The van der Waals surface area contributed by atoms with Gasteiger partial charge in [0.1, 0.15) is 5.75 Å². The number of carbonyl (C=O) groups is 2. The van der Waals surface area contributed by atoms with Gasteiger partial charge in [0.25, 0.3) is 0 Å². The van der Waals surface area contributed by atoms with Gasteiger partial charge in [0.15, 0.2) is 6.10 Å². The van der Waals surface area contributed by atoms with Crippen LogP contribution in [-0.2, 0) is 16.0 Å². The number of aryl methyl sites for hydroxylation is 2. The standard InChI is InChI=1S/C26H24F2N2O4S/c1-15-14-20(16(2)30(15)18-8-10-19(11-9-18)34-26(27)28)25(32)17(3)33-24(31)13-12-23-29-21-6-4-5-7-22(21)35-23/h4-11,14,17,26H,12-13H2,1-3H3. The quantitative estimate of drug-likeness (QED) is 0.207. The Kier molecular flexibility index (Phi) is 7.25. The predicted octanol–water partition coefficient (Wildman–Crippen LogP) is 6.05. The first-order valence-corrected chi connectivity index (χ1v) is 11.9. The lowest BCUT2D eigenvalue weighted by Crippen LogP contribution is -2.25. The molecule has 2 aromatic carbocycles. The van der Waals surface area contributed by atoms with Gasteiger partial charge in [-0.3, -0.25) is 9.59 Å². The molecule has 182 valence electrons. The third kappa shape index (κ3) is 5.57. The molecule has 0 aliphatic rings. The Morgan fingerprint density at radius 2 is 1.80 bits per heavy atom. The van der Waals surface area contributed by atoms with Crippen molar-refractivity contribution in [3.63, 3.8) is 0 Å². The van der Waals surface area contributed by atoms with Crippen LogP contribution in [0.15, 0.2) is 54.6 Å². The topological polar surface area (TPSA) is 70.4 Å². The van der Waals surface area contributed by atoms with E-state index in [0.717, 1.165) is 20.9 Å². The fraction of sp³-hybridized carbons (Fsp3) is 0.269. The maximum absolute atomic E-state index is 13.1. The zero-order valence-electron chi connectivity index (χ0n) is 19.5. The number of alkyl halides is 2. The number of rotatable bonds is 9. The second-order valence-electron chi connectivity index (χ2n) is 8.06. The van der Waals surface area contributed by atoms with Crippen molar-refractivity contribution in [3.8, 4) is 11.4 Å². The number of nitrogens with zero attached hydrogens (tertiary/aromatic N) is 2. The van der Waals surface area contributed by atoms with Crippen molar-refractivity contribution >= 4 is 33.3 Å². The van der Waals surface area contributed by atoms with Crippen LogP contribution >= 0.6 is 11.3 Å². The number of ketones is 1. The first-order chi connectivity index (χ1) is 16.7. The van der Waals surface area contributed by atoms with E-state index in [9.17, 15) is 18.4 Å². The summed E-state index contributed by atoms with van der Waals surface area (Å²) in [6.45, 7) is 2.28. The number of halogens is 2. The normalized spacial score (nSPS) is 12.2. The van der Waals surface area contributed by atoms with Gasteiger partial charge >= 0.3 is 12.6 Å². The number of thiazole rings is 1. The number of aromatic nitrogens is 2. The van der Waals surface area contributed by atoms with E-state index >= 15 is 0 Å². The minimum absolute atomic E-state index is 0.0499. The third-order valence-corrected chi connectivity index (χ3v) is 6.67. The minimum Gasteiger partial charge on any atom is -0.454 e. The van der Waals surface area contributed by atoms with Crippen LogP contribution in [0.4, 0.5) is 8.78 Å². The summed E-state index contributed by atoms with van der Waals surface area (Å²) in [6, 6.07) is 15.7. The first-order valence-electron chi connectivity index (χ1n) is 11.0. The van der Waals surface area contributed by atoms with Gasteiger partial charge in [0, 0.05) is 29.1 Å². The maximum atomic E-state index is 13.1. The summed E-state index contributed by atoms with van der Waals surface area (Å²) in [7, 11) is 0. The molecule has 0 bridgehead atoms. The second-order valence-corrected chi connectivity index (χ2v) is 9.18. The first kappa shape index (κ1) is 24.5. The Hall–Kier alpha value is -3.59. The molecular weight excluding hydrogens is 474 g/mol. The van der Waals surface area contributed by atoms with Crippen LogP contribution in [-0.4, -0.2) is 34.0 Å². The summed E-state index contributed by atoms with van der Waals surface area (Å²) >= 11 is 1.54. The molecule has 9 heteroatoms. The van der Waals surface area contributed by atoms with E-state index in [1.807, 2.05) is 35.8 Å². The van der Waals surface area contributed by atoms with Gasteiger partial charge in [0.05, 0.1) is 21.6 Å². The zero-order valence-corrected chi connectivity index (χ0v) is 20.3. The summed E-state index contributed by atoms with van der Waals surface area (Å²) < 4.78 is 37.5. The summed E-state index contributed by atoms with van der Waals surface area (Å²) in [4.78, 5) is 30.0. The van der Waals surface area contributed by atoms with E-state index in [4.69, 9.17) is 4.74 Å². The molecule has 2 aromatic heterocycles. The lowest BCUT2D eigenvalue weighted by atomic mass is 10.1. The fourth-order valence-corrected chi connectivity index (χ4v) is 4.92. The molecule has 0 amide bonds. The number of fused-ring (bicyclic) bond motifs is 1. The van der Waals surface area contributed by atoms with Gasteiger partial charge in [-0.15, -0.1) is 11.3 Å². The molecule has 35 heavy (non-hydrogen) atoms. The van der Waals surface area contributed by atoms with Crippen LogP contribution in [0, 0.1) is 13.8 Å². The highest BCUT2D eigenvalue weighted by atomic mass is 32.1. The van der Waals surface area contributed by atoms with E-state index in [1.165, 1.54) is 23.5 Å². The number of benzene rings is 2. The van der Waals surface area contributed by atoms with Gasteiger partial charge in [-0.1, -0.05) is 12.1 Å². The summed E-state index contributed by atoms with van der Waals surface area (Å²) in [6.07, 6.45) is -0.379. The molecule has 0 saturated carbocycles. The van der Waals surface area contributed by atoms with Crippen LogP contribution < -0.4 is 4.74 Å². The highest BCUT2D eigenvalue weighted by molar-refractivity contribution is 7.18. The van der Waals surface area contributed by atoms with Crippen LogP contribution in [0.3, 0.4) is 0 Å². The monoisotopic (exact) mass is 498 g/mol. The molecule has 1 unspecified atom stereocenters. The molecule has 1 atom stereocenters. The molecule has 0 spiro atoms. The fourth-order valence-electron chi connectivity index (χ4n) is 3.95. The summed E-state index contributed by atoms with van der Waals surface area (Å²) in [5.74, 6) is -0.724. The lowest BCUT2D eigenvalue weighted by molar-refractivity contribution is -0.146. The van der Waals surface area contributed by atoms with Crippen molar-refractivity contribution in [3.05, 3.63) is 76.6 Å². The van der Waals surface area contributed by atoms with Crippen molar-refractivity contribution in [2.45, 2.75) is 46.3 Å². The Morgan fingerprint density at radius 3 is 2.49 bits per heavy atom. The van der Waals surface area contributed by atoms with E-state index in [1.54, 1.807) is 32.0 Å². The van der Waals surface area contributed by atoms with Crippen LogP contribution in [0.2, 0.25) is 0 Å². The molecular formula is C26H24F2N2O4S. The molecule has 0 radical (unpaired) electrons. The highest BCUT2D eigenvalue weighted by Gasteiger charge is 2.24. The smallest absolute Gasteiger partial charge is 0.387 e. The van der Waals surface area contributed by atoms with Crippen LogP contribution in [0.5, 0.6) is 5.75 Å². The molecule has 0 aliphatic heterocycles. The molecule has 6 nitrogen and oxygen atoms in total. The van der Waals surface area contributed by atoms with Gasteiger partial charge in [-0.05, 0) is 63.2 Å². The number of hydrogen-bond donors (Lipinski definition) is 0. The van der Waals surface area contributed by atoms with Gasteiger partial charge in [-0.25, -0.2) is 4.98 Å². The van der Waals surface area contributed by atoms with Crippen LogP contribution in [0.1, 0.15) is 40.1 Å². The third-order valence-electron chi connectivity index (χ3n) is 5.58. The number of hydrogen-bond acceptors (Lipinski definition) is 6. The lowest BCUT2D eigenvalue weighted by Gasteiger charge is -2.13. The van der Waals surface area contributed by atoms with Gasteiger partial charge < -0.3 is 14.0 Å². The second kappa shape index (κ2) is 10.4. The Balaban J connectivity index is 1.40. The summed E-state index contributed by atoms with van der Waals surface area (Å²) in [5.41, 5.74) is 3.47. The highest BCUT2D eigenvalue weighted by Crippen LogP contribution is 2.25. The minimum atomic E-state index is -2.90. The average molecular weight is 499 g/mol. The Labute approximate surface area is 205 Å². The van der Waals surface area contributed by atoms with E-state index in [-0.39, 0.29) is 18.0 Å². The number of para-hydroxylation sites is 1. The van der Waals surface area contributed by atoms with E-state index in [2.05, 4.69) is 9.72 Å². The van der Waals surface area contributed by atoms with Crippen molar-refractivity contribution in [2.75, 3.05) is 0 Å². The largest absolute Gasteiger partial charge is 0.454 e. The molecule has 4 rings (SSSR count). The summed E-state index contributed by atoms with van der Waals surface area (Å²) in [5, 5.41) is 0.843. The molecule has 0 saturated heterocycles. The Bertz CT molecular complexity index is 1330. The van der Waals surface area contributed by atoms with Crippen molar-refractivity contribution in [2.24, 2.45) is 0 Å². The number of carbonyl (C=O) groups excluding carboxylic acids is 2. The van der Waals surface area contributed by atoms with Crippen LogP contribution in [0.25, 0.3) is 15.9 Å². The zero-order chi connectivity index (χ0) is 25.1. The maximum Gasteiger partial charge on any atom is 0.387 e.